The van der Waals surface area contributed by atoms with Crippen LogP contribution in [0.1, 0.15) is 44.1 Å². The average molecular weight is 696 g/mol. The number of nitrogens with zero attached hydrogens (tertiary/aromatic N) is 5. The summed E-state index contributed by atoms with van der Waals surface area (Å²) >= 11 is 0. The molecule has 5 aliphatic rings. The van der Waals surface area contributed by atoms with Crippen molar-refractivity contribution in [2.75, 3.05) is 61.6 Å². The summed E-state index contributed by atoms with van der Waals surface area (Å²) in [6.07, 6.45) is 8.65. The average Bonchev–Trinajstić information content (AvgIpc) is 3.77. The highest BCUT2D eigenvalue weighted by Gasteiger charge is 2.50. The lowest BCUT2D eigenvalue weighted by Gasteiger charge is -2.53. The van der Waals surface area contributed by atoms with E-state index in [9.17, 15) is 18.0 Å². The van der Waals surface area contributed by atoms with Gasteiger partial charge in [-0.05, 0) is 51.0 Å². The smallest absolute Gasteiger partial charge is 0.451 e. The van der Waals surface area contributed by atoms with Gasteiger partial charge in [0.25, 0.3) is 5.56 Å². The number of morpholine rings is 1. The molecule has 12 nitrogen and oxygen atoms in total. The SMILES string of the molecule is CC=O.CNc1ccc(-c2c[nH]c(=O)c(N3CCOC4(COC4)C3C)c2)cn1.FC(F)(F)c1nc2c(c(N3CCCC3)n1)OC1C=CC=CC21. The van der Waals surface area contributed by atoms with Crippen molar-refractivity contribution >= 4 is 23.6 Å². The van der Waals surface area contributed by atoms with E-state index in [2.05, 4.69) is 37.1 Å². The Balaban J connectivity index is 0.000000161. The van der Waals surface area contributed by atoms with Gasteiger partial charge in [0.2, 0.25) is 5.82 Å². The number of aromatic amines is 1. The first-order valence-corrected chi connectivity index (χ1v) is 16.6. The second kappa shape index (κ2) is 14.6. The minimum absolute atomic E-state index is 0.0798. The molecule has 3 aromatic rings. The number of pyridine rings is 2. The van der Waals surface area contributed by atoms with E-state index in [0.717, 1.165) is 36.1 Å². The molecule has 0 radical (unpaired) electrons. The zero-order valence-electron chi connectivity index (χ0n) is 28.1. The van der Waals surface area contributed by atoms with Crippen molar-refractivity contribution in [1.82, 2.24) is 19.9 Å². The Labute approximate surface area is 287 Å². The summed E-state index contributed by atoms with van der Waals surface area (Å²) < 4.78 is 56.6. The van der Waals surface area contributed by atoms with Crippen LogP contribution < -0.4 is 25.4 Å². The molecule has 3 atom stereocenters. The number of hydrogen-bond donors (Lipinski definition) is 2. The molecule has 0 bridgehead atoms. The third kappa shape index (κ3) is 6.97. The zero-order chi connectivity index (χ0) is 35.5. The number of aromatic nitrogens is 4. The summed E-state index contributed by atoms with van der Waals surface area (Å²) in [6.45, 7) is 7.38. The molecule has 3 saturated heterocycles. The number of halogens is 3. The van der Waals surface area contributed by atoms with Crippen LogP contribution in [0.3, 0.4) is 0 Å². The van der Waals surface area contributed by atoms with Gasteiger partial charge in [-0.2, -0.15) is 13.2 Å². The maximum absolute atomic E-state index is 13.1. The molecular weight excluding hydrogens is 655 g/mol. The Morgan fingerprint density at radius 1 is 1.08 bits per heavy atom. The maximum Gasteiger partial charge on any atom is 0.451 e. The largest absolute Gasteiger partial charge is 0.479 e. The Kier molecular flexibility index (Phi) is 10.3. The normalized spacial score (nSPS) is 22.6. The van der Waals surface area contributed by atoms with Gasteiger partial charge < -0.3 is 39.1 Å². The highest BCUT2D eigenvalue weighted by atomic mass is 19.4. The zero-order valence-corrected chi connectivity index (χ0v) is 28.1. The van der Waals surface area contributed by atoms with Crippen LogP contribution in [-0.2, 0) is 20.4 Å². The number of hydrogen-bond acceptors (Lipinski definition) is 11. The van der Waals surface area contributed by atoms with E-state index in [1.165, 1.54) is 6.92 Å². The number of allylic oxidation sites excluding steroid dienone is 2. The van der Waals surface area contributed by atoms with Gasteiger partial charge in [0.05, 0.1) is 37.5 Å². The van der Waals surface area contributed by atoms with Crippen molar-refractivity contribution in [2.24, 2.45) is 0 Å². The van der Waals surface area contributed by atoms with Crippen molar-refractivity contribution in [2.45, 2.75) is 56.5 Å². The molecule has 0 saturated carbocycles. The first-order valence-electron chi connectivity index (χ1n) is 16.6. The van der Waals surface area contributed by atoms with E-state index >= 15 is 0 Å². The van der Waals surface area contributed by atoms with E-state index in [1.54, 1.807) is 12.4 Å². The quantitative estimate of drug-likeness (QED) is 0.367. The molecule has 2 N–H and O–H groups in total. The number of carbonyl (C=O) groups excluding carboxylic acids is 1. The van der Waals surface area contributed by atoms with Gasteiger partial charge >= 0.3 is 6.18 Å². The molecule has 266 valence electrons. The third-order valence-corrected chi connectivity index (χ3v) is 9.38. The molecule has 1 spiro atoms. The van der Waals surface area contributed by atoms with E-state index in [0.29, 0.717) is 56.6 Å². The predicted octanol–water partition coefficient (Wildman–Crippen LogP) is 4.74. The Morgan fingerprint density at radius 2 is 1.82 bits per heavy atom. The van der Waals surface area contributed by atoms with Crippen molar-refractivity contribution in [3.05, 3.63) is 76.8 Å². The lowest BCUT2D eigenvalue weighted by atomic mass is 9.90. The third-order valence-electron chi connectivity index (χ3n) is 9.38. The van der Waals surface area contributed by atoms with Crippen LogP contribution in [-0.4, -0.2) is 90.5 Å². The fraction of sp³-hybridized carbons (Fsp3) is 0.457. The number of H-pyrrole nitrogens is 1. The number of fused-ring (bicyclic) bond motifs is 3. The molecule has 3 aromatic heterocycles. The van der Waals surface area contributed by atoms with E-state index < -0.39 is 12.0 Å². The summed E-state index contributed by atoms with van der Waals surface area (Å²) in [5.74, 6) is 0.139. The molecule has 8 rings (SSSR count). The second-order valence-corrected chi connectivity index (χ2v) is 12.5. The van der Waals surface area contributed by atoms with Crippen LogP contribution in [0.5, 0.6) is 5.75 Å². The number of nitrogens with one attached hydrogen (secondary N) is 2. The summed E-state index contributed by atoms with van der Waals surface area (Å²) in [6, 6.07) is 5.92. The van der Waals surface area contributed by atoms with Gasteiger partial charge in [-0.1, -0.05) is 18.2 Å². The number of anilines is 3. The molecule has 7 heterocycles. The van der Waals surface area contributed by atoms with Crippen molar-refractivity contribution in [3.63, 3.8) is 0 Å². The lowest BCUT2D eigenvalue weighted by molar-refractivity contribution is -0.228. The highest BCUT2D eigenvalue weighted by Crippen LogP contribution is 2.46. The Morgan fingerprint density at radius 3 is 2.46 bits per heavy atom. The van der Waals surface area contributed by atoms with Crippen LogP contribution in [0.25, 0.3) is 11.1 Å². The van der Waals surface area contributed by atoms with Crippen LogP contribution in [0.2, 0.25) is 0 Å². The summed E-state index contributed by atoms with van der Waals surface area (Å²) in [5.41, 5.74) is 2.51. The van der Waals surface area contributed by atoms with Gasteiger partial charge in [-0.3, -0.25) is 4.79 Å². The van der Waals surface area contributed by atoms with Crippen molar-refractivity contribution in [1.29, 1.82) is 0 Å². The van der Waals surface area contributed by atoms with Gasteiger partial charge in [0.15, 0.2) is 11.6 Å². The molecule has 4 aliphatic heterocycles. The van der Waals surface area contributed by atoms with Gasteiger partial charge in [-0.25, -0.2) is 15.0 Å². The number of carbonyl (C=O) groups is 1. The molecule has 0 amide bonds. The Bertz CT molecular complexity index is 1790. The number of alkyl halides is 3. The Hall–Kier alpha value is -4.76. The summed E-state index contributed by atoms with van der Waals surface area (Å²) in [4.78, 5) is 40.0. The van der Waals surface area contributed by atoms with Crippen LogP contribution >= 0.6 is 0 Å². The number of ether oxygens (including phenoxy) is 3. The van der Waals surface area contributed by atoms with Crippen LogP contribution in [0, 0.1) is 0 Å². The topological polar surface area (TPSA) is 135 Å². The molecule has 50 heavy (non-hydrogen) atoms. The second-order valence-electron chi connectivity index (χ2n) is 12.5. The highest BCUT2D eigenvalue weighted by molar-refractivity contribution is 5.68. The molecule has 0 aromatic carbocycles. The molecule has 1 aliphatic carbocycles. The molecule has 15 heteroatoms. The fourth-order valence-corrected chi connectivity index (χ4v) is 6.61. The van der Waals surface area contributed by atoms with Gasteiger partial charge in [-0.15, -0.1) is 0 Å². The van der Waals surface area contributed by atoms with Crippen molar-refractivity contribution < 1.29 is 32.2 Å². The monoisotopic (exact) mass is 695 g/mol. The first kappa shape index (κ1) is 35.1. The predicted molar refractivity (Wildman–Crippen MR) is 182 cm³/mol. The number of rotatable bonds is 4. The van der Waals surface area contributed by atoms with E-state index in [4.69, 9.17) is 19.0 Å². The standard InChI is InChI=1S/C18H22N4O3.C15H14F3N3O.C2H4O/c1-12-18(10-24-11-18)25-6-5-22(12)15-7-14(9-21-17(15)23)13-3-4-16(19-2)20-8-13;16-15(17,18)14-19-11-9-5-1-2-6-10(9)22-12(11)13(20-14)21-7-3-4-8-21;1-2-3/h3-4,7-9,12H,5-6,10-11H2,1-2H3,(H,19,20)(H,21,23);1-2,5-6,9-10H,3-4,7-8H2;2H,1H3. The lowest BCUT2D eigenvalue weighted by Crippen LogP contribution is -2.68. The summed E-state index contributed by atoms with van der Waals surface area (Å²) in [7, 11) is 1.83. The van der Waals surface area contributed by atoms with Gasteiger partial charge in [0, 0.05) is 50.2 Å². The summed E-state index contributed by atoms with van der Waals surface area (Å²) in [5, 5.41) is 3.00. The first-order chi connectivity index (χ1) is 24.1. The van der Waals surface area contributed by atoms with Crippen molar-refractivity contribution in [3.8, 4) is 16.9 Å². The minimum Gasteiger partial charge on any atom is -0.479 e. The van der Waals surface area contributed by atoms with E-state index in [-0.39, 0.29) is 35.0 Å². The van der Waals surface area contributed by atoms with E-state index in [1.807, 2.05) is 54.5 Å². The van der Waals surface area contributed by atoms with Gasteiger partial charge in [0.1, 0.15) is 29.5 Å². The maximum atomic E-state index is 13.1. The molecule has 3 fully saturated rings. The van der Waals surface area contributed by atoms with Crippen LogP contribution in [0.4, 0.5) is 30.5 Å². The minimum atomic E-state index is -4.56. The molecular formula is C35H40F3N7O5. The fourth-order valence-electron chi connectivity index (χ4n) is 6.61. The number of aldehydes is 1. The molecule has 3 unspecified atom stereocenters. The van der Waals surface area contributed by atoms with Crippen LogP contribution in [0.15, 0.2) is 59.7 Å².